The van der Waals surface area contributed by atoms with Crippen LogP contribution < -0.4 is 5.32 Å². The van der Waals surface area contributed by atoms with Crippen LogP contribution in [0, 0.1) is 17.6 Å². The predicted octanol–water partition coefficient (Wildman–Crippen LogP) is 5.07. The van der Waals surface area contributed by atoms with Crippen molar-refractivity contribution >= 4 is 23.4 Å². The number of hydrogen-bond acceptors (Lipinski definition) is 2. The van der Waals surface area contributed by atoms with E-state index in [1.54, 1.807) is 0 Å². The maximum atomic E-state index is 13.8. The number of rotatable bonds is 3. The normalized spacial score (nSPS) is 26.1. The molecular formula is C21H22ClF2N2O2+. The Morgan fingerprint density at radius 1 is 1.18 bits per heavy atom. The Morgan fingerprint density at radius 2 is 1.93 bits per heavy atom. The number of anilines is 1. The number of hydrogen-bond donors (Lipinski definition) is 1. The molecule has 28 heavy (non-hydrogen) atoms. The van der Waals surface area contributed by atoms with Gasteiger partial charge in [-0.25, -0.2) is 13.6 Å². The maximum absolute atomic E-state index is 13.8. The molecule has 1 N–H and O–H groups in total. The van der Waals surface area contributed by atoms with Crippen molar-refractivity contribution in [2.75, 3.05) is 32.0 Å². The van der Waals surface area contributed by atoms with E-state index >= 15 is 0 Å². The zero-order valence-corrected chi connectivity index (χ0v) is 16.3. The van der Waals surface area contributed by atoms with Crippen molar-refractivity contribution in [2.24, 2.45) is 5.92 Å². The molecule has 7 heteroatoms. The third-order valence-electron chi connectivity index (χ3n) is 5.93. The highest BCUT2D eigenvalue weighted by Gasteiger charge is 2.45. The van der Waals surface area contributed by atoms with Crippen molar-refractivity contribution in [1.29, 1.82) is 0 Å². The number of likely N-dealkylation sites (N-methyl/N-ethyl adjacent to an activating group) is 1. The highest BCUT2D eigenvalue weighted by molar-refractivity contribution is 6.31. The molecular weight excluding hydrogens is 386 g/mol. The lowest BCUT2D eigenvalue weighted by Crippen LogP contribution is -2.62. The molecule has 1 amide bonds. The Labute approximate surface area is 167 Å². The van der Waals surface area contributed by atoms with Crippen LogP contribution in [0.2, 0.25) is 5.02 Å². The summed E-state index contributed by atoms with van der Waals surface area (Å²) in [7, 11) is 2.19. The molecule has 0 spiro atoms. The topological polar surface area (TPSA) is 38.3 Å². The maximum Gasteiger partial charge on any atom is 0.412 e. The van der Waals surface area contributed by atoms with Crippen LogP contribution in [0.5, 0.6) is 0 Å². The van der Waals surface area contributed by atoms with Gasteiger partial charge in [0.2, 0.25) is 0 Å². The number of ether oxygens (including phenoxy) is 1. The van der Waals surface area contributed by atoms with E-state index in [9.17, 15) is 13.6 Å². The first-order valence-electron chi connectivity index (χ1n) is 9.39. The monoisotopic (exact) mass is 407 g/mol. The Morgan fingerprint density at radius 3 is 2.61 bits per heavy atom. The van der Waals surface area contributed by atoms with Crippen molar-refractivity contribution in [1.82, 2.24) is 0 Å². The summed E-state index contributed by atoms with van der Waals surface area (Å²) in [4.78, 5) is 12.5. The number of fused-ring (bicyclic) bond motifs is 3. The molecule has 1 atom stereocenters. The lowest BCUT2D eigenvalue weighted by atomic mass is 9.84. The second-order valence-electron chi connectivity index (χ2n) is 7.97. The van der Waals surface area contributed by atoms with Crippen molar-refractivity contribution in [3.63, 3.8) is 0 Å². The van der Waals surface area contributed by atoms with Crippen LogP contribution in [-0.2, 0) is 4.74 Å². The smallest absolute Gasteiger partial charge is 0.412 e. The molecule has 148 valence electrons. The molecule has 3 saturated heterocycles. The summed E-state index contributed by atoms with van der Waals surface area (Å²) in [5.74, 6) is -0.631. The molecule has 2 bridgehead atoms. The zero-order valence-electron chi connectivity index (χ0n) is 15.6. The van der Waals surface area contributed by atoms with Gasteiger partial charge in [0.1, 0.15) is 18.2 Å². The highest BCUT2D eigenvalue weighted by Crippen LogP contribution is 2.35. The molecule has 3 fully saturated rings. The SMILES string of the molecule is C[N+]12CCC(CC1)C(OC(=O)Nc1ccc(F)cc1-c1ccc(F)c(Cl)c1)C2. The van der Waals surface area contributed by atoms with Crippen molar-refractivity contribution in [2.45, 2.75) is 18.9 Å². The van der Waals surface area contributed by atoms with Gasteiger partial charge in [-0.2, -0.15) is 0 Å². The first-order valence-corrected chi connectivity index (χ1v) is 9.77. The van der Waals surface area contributed by atoms with Gasteiger partial charge in [-0.15, -0.1) is 0 Å². The van der Waals surface area contributed by atoms with Gasteiger partial charge in [0.05, 0.1) is 30.8 Å². The number of benzene rings is 2. The molecule has 3 aliphatic heterocycles. The molecule has 3 heterocycles. The van der Waals surface area contributed by atoms with E-state index in [4.69, 9.17) is 16.3 Å². The largest absolute Gasteiger partial charge is 0.440 e. The van der Waals surface area contributed by atoms with E-state index in [1.165, 1.54) is 36.4 Å². The fourth-order valence-electron chi connectivity index (χ4n) is 4.29. The number of carbonyl (C=O) groups excluding carboxylic acids is 1. The number of amides is 1. The molecule has 5 rings (SSSR count). The number of piperidine rings is 3. The van der Waals surface area contributed by atoms with Gasteiger partial charge >= 0.3 is 6.09 Å². The third kappa shape index (κ3) is 3.84. The van der Waals surface area contributed by atoms with Crippen molar-refractivity contribution in [3.05, 3.63) is 53.1 Å². The summed E-state index contributed by atoms with van der Waals surface area (Å²) in [6.07, 6.45) is 1.44. The van der Waals surface area contributed by atoms with Crippen LogP contribution in [0.1, 0.15) is 12.8 Å². The molecule has 2 aromatic carbocycles. The number of carbonyl (C=O) groups is 1. The first kappa shape index (κ1) is 19.2. The van der Waals surface area contributed by atoms with Gasteiger partial charge in [0, 0.05) is 24.3 Å². The molecule has 2 aromatic rings. The van der Waals surface area contributed by atoms with E-state index in [0.717, 1.165) is 37.0 Å². The quantitative estimate of drug-likeness (QED) is 0.721. The Hall–Kier alpha value is -2.18. The summed E-state index contributed by atoms with van der Waals surface area (Å²) in [5.41, 5.74) is 1.30. The molecule has 0 aromatic heterocycles. The Bertz CT molecular complexity index is 913. The lowest BCUT2D eigenvalue weighted by molar-refractivity contribution is -0.928. The number of nitrogens with one attached hydrogen (secondary N) is 1. The second-order valence-corrected chi connectivity index (χ2v) is 8.38. The van der Waals surface area contributed by atoms with Gasteiger partial charge < -0.3 is 9.22 Å². The fraction of sp³-hybridized carbons (Fsp3) is 0.381. The number of halogens is 3. The van der Waals surface area contributed by atoms with Crippen LogP contribution >= 0.6 is 11.6 Å². The third-order valence-corrected chi connectivity index (χ3v) is 6.22. The van der Waals surface area contributed by atoms with Crippen LogP contribution in [0.25, 0.3) is 11.1 Å². The highest BCUT2D eigenvalue weighted by atomic mass is 35.5. The fourth-order valence-corrected chi connectivity index (χ4v) is 4.47. The second kappa shape index (κ2) is 7.33. The van der Waals surface area contributed by atoms with Gasteiger partial charge in [-0.3, -0.25) is 5.32 Å². The van der Waals surface area contributed by atoms with Gasteiger partial charge in [0.15, 0.2) is 6.10 Å². The number of quaternary nitrogens is 1. The minimum Gasteiger partial charge on any atom is -0.440 e. The van der Waals surface area contributed by atoms with Crippen molar-refractivity contribution in [3.8, 4) is 11.1 Å². The van der Waals surface area contributed by atoms with Crippen LogP contribution in [0.3, 0.4) is 0 Å². The average Bonchev–Trinajstić information content (AvgIpc) is 2.65. The van der Waals surface area contributed by atoms with Crippen LogP contribution in [0.4, 0.5) is 19.3 Å². The number of nitrogens with zero attached hydrogens (tertiary/aromatic N) is 1. The Balaban J connectivity index is 1.53. The summed E-state index contributed by atoms with van der Waals surface area (Å²) < 4.78 is 33.9. The van der Waals surface area contributed by atoms with E-state index in [1.807, 2.05) is 0 Å². The average molecular weight is 408 g/mol. The minimum absolute atomic E-state index is 0.0699. The first-order chi connectivity index (χ1) is 13.3. The summed E-state index contributed by atoms with van der Waals surface area (Å²) in [6.45, 7) is 3.07. The van der Waals surface area contributed by atoms with Gasteiger partial charge in [0.25, 0.3) is 0 Å². The molecule has 4 nitrogen and oxygen atoms in total. The van der Waals surface area contributed by atoms with Gasteiger partial charge in [-0.05, 0) is 35.9 Å². The van der Waals surface area contributed by atoms with Crippen LogP contribution in [0.15, 0.2) is 36.4 Å². The standard InChI is InChI=1S/C21H21ClF2N2O2/c1-26-8-6-13(7-9-26)20(12-26)28-21(27)25-19-5-3-15(23)11-16(19)14-2-4-18(24)17(22)10-14/h2-5,10-11,13,20H,6-9,12H2,1H3/p+1. The lowest BCUT2D eigenvalue weighted by Gasteiger charge is -2.49. The van der Waals surface area contributed by atoms with Crippen LogP contribution in [-0.4, -0.2) is 43.4 Å². The van der Waals surface area contributed by atoms with E-state index in [2.05, 4.69) is 12.4 Å². The van der Waals surface area contributed by atoms with E-state index in [0.29, 0.717) is 22.7 Å². The van der Waals surface area contributed by atoms with E-state index in [-0.39, 0.29) is 11.1 Å². The summed E-state index contributed by atoms with van der Waals surface area (Å²) in [5, 5.41) is 2.65. The summed E-state index contributed by atoms with van der Waals surface area (Å²) in [6, 6.07) is 8.10. The molecule has 3 aliphatic rings. The molecule has 0 radical (unpaired) electrons. The van der Waals surface area contributed by atoms with Crippen molar-refractivity contribution < 1.29 is 22.8 Å². The zero-order chi connectivity index (χ0) is 19.9. The Kier molecular flexibility index (Phi) is 5.02. The summed E-state index contributed by atoms with van der Waals surface area (Å²) >= 11 is 5.86. The van der Waals surface area contributed by atoms with Gasteiger partial charge in [-0.1, -0.05) is 17.7 Å². The predicted molar refractivity (Wildman–Crippen MR) is 104 cm³/mol. The molecule has 0 aliphatic carbocycles. The molecule has 1 unspecified atom stereocenters. The van der Waals surface area contributed by atoms with E-state index < -0.39 is 17.7 Å². The molecule has 0 saturated carbocycles. The minimum atomic E-state index is -0.564.